The maximum Gasteiger partial charge on any atom is 0.226 e. The van der Waals surface area contributed by atoms with Crippen LogP contribution in [0.3, 0.4) is 0 Å². The van der Waals surface area contributed by atoms with Crippen molar-refractivity contribution in [3.8, 4) is 0 Å². The summed E-state index contributed by atoms with van der Waals surface area (Å²) in [6, 6.07) is 10.1. The number of hydrogen-bond donors (Lipinski definition) is 3. The highest BCUT2D eigenvalue weighted by Gasteiger charge is 2.13. The van der Waals surface area contributed by atoms with E-state index in [1.807, 2.05) is 37.1 Å². The van der Waals surface area contributed by atoms with Crippen molar-refractivity contribution in [2.45, 2.75) is 13.5 Å². The van der Waals surface area contributed by atoms with Gasteiger partial charge in [0.15, 0.2) is 0 Å². The molecule has 0 aliphatic carbocycles. The average Bonchev–Trinajstić information content (AvgIpc) is 2.59. The molecule has 122 valence electrons. The lowest BCUT2D eigenvalue weighted by atomic mass is 10.2. The molecule has 1 heterocycles. The van der Waals surface area contributed by atoms with Crippen molar-refractivity contribution < 1.29 is 5.11 Å². The summed E-state index contributed by atoms with van der Waals surface area (Å²) in [5.41, 5.74) is 2.12. The fourth-order valence-corrected chi connectivity index (χ4v) is 2.14. The van der Waals surface area contributed by atoms with Crippen LogP contribution in [-0.4, -0.2) is 35.3 Å². The molecule has 2 aromatic rings. The summed E-state index contributed by atoms with van der Waals surface area (Å²) in [6.07, 6.45) is 1.70. The molecule has 6 heteroatoms. The first-order valence-electron chi connectivity index (χ1n) is 7.52. The fourth-order valence-electron chi connectivity index (χ4n) is 2.14. The molecule has 0 atom stereocenters. The first kappa shape index (κ1) is 16.8. The zero-order valence-electron chi connectivity index (χ0n) is 13.6. The summed E-state index contributed by atoms with van der Waals surface area (Å²) in [7, 11) is 1.89. The molecule has 0 unspecified atom stereocenters. The van der Waals surface area contributed by atoms with Crippen molar-refractivity contribution in [2.24, 2.45) is 0 Å². The second-order valence-electron chi connectivity index (χ2n) is 5.13. The second-order valence-corrected chi connectivity index (χ2v) is 5.13. The van der Waals surface area contributed by atoms with Gasteiger partial charge in [-0.1, -0.05) is 36.9 Å². The van der Waals surface area contributed by atoms with E-state index in [1.54, 1.807) is 6.20 Å². The van der Waals surface area contributed by atoms with Gasteiger partial charge in [-0.15, -0.1) is 0 Å². The van der Waals surface area contributed by atoms with Crippen LogP contribution in [0.5, 0.6) is 0 Å². The summed E-state index contributed by atoms with van der Waals surface area (Å²) >= 11 is 0. The molecule has 0 saturated carbocycles. The van der Waals surface area contributed by atoms with Crippen molar-refractivity contribution in [1.82, 2.24) is 9.97 Å². The minimum atomic E-state index is 0.0244. The molecular formula is C17H23N5O. The molecule has 2 rings (SSSR count). The van der Waals surface area contributed by atoms with Crippen LogP contribution < -0.4 is 15.5 Å². The maximum atomic E-state index is 8.97. The summed E-state index contributed by atoms with van der Waals surface area (Å²) < 4.78 is 0. The molecule has 1 aromatic carbocycles. The topological polar surface area (TPSA) is 73.3 Å². The Hall–Kier alpha value is -2.60. The lowest BCUT2D eigenvalue weighted by molar-refractivity contribution is 0.311. The van der Waals surface area contributed by atoms with Crippen LogP contribution in [0.25, 0.3) is 0 Å². The zero-order valence-corrected chi connectivity index (χ0v) is 13.6. The quantitative estimate of drug-likeness (QED) is 0.695. The molecule has 3 N–H and O–H groups in total. The average molecular weight is 313 g/mol. The lowest BCUT2D eigenvalue weighted by Crippen LogP contribution is -2.17. The maximum absolute atomic E-state index is 8.97. The predicted octanol–water partition coefficient (Wildman–Crippen LogP) is 2.38. The largest absolute Gasteiger partial charge is 0.395 e. The summed E-state index contributed by atoms with van der Waals surface area (Å²) in [4.78, 5) is 10.8. The molecule has 0 fully saturated rings. The molecule has 1 aromatic heterocycles. The van der Waals surface area contributed by atoms with E-state index in [0.717, 1.165) is 17.2 Å². The molecule has 0 saturated heterocycles. The van der Waals surface area contributed by atoms with Crippen LogP contribution in [0.2, 0.25) is 0 Å². The van der Waals surface area contributed by atoms with Crippen molar-refractivity contribution in [3.63, 3.8) is 0 Å². The van der Waals surface area contributed by atoms with Gasteiger partial charge in [-0.2, -0.15) is 9.97 Å². The van der Waals surface area contributed by atoms with E-state index < -0.39 is 0 Å². The van der Waals surface area contributed by atoms with Gasteiger partial charge < -0.3 is 20.6 Å². The van der Waals surface area contributed by atoms with Crippen LogP contribution in [0.1, 0.15) is 11.1 Å². The van der Waals surface area contributed by atoms with Crippen molar-refractivity contribution in [1.29, 1.82) is 0 Å². The third-order valence-corrected chi connectivity index (χ3v) is 3.43. The van der Waals surface area contributed by atoms with E-state index in [1.165, 1.54) is 5.56 Å². The fraction of sp³-hybridized carbons (Fsp3) is 0.294. The minimum Gasteiger partial charge on any atom is -0.395 e. The number of benzene rings is 1. The van der Waals surface area contributed by atoms with E-state index in [-0.39, 0.29) is 6.61 Å². The Bertz CT molecular complexity index is 645. The standard InChI is InChI=1S/C17H23N5O/c1-4-22(3)16-13(2)15(20-17(21-16)18-10-11-23)19-12-14-8-6-5-7-9-14/h4-9,23H,1,10-12H2,2-3H3,(H2,18,19,20,21). The van der Waals surface area contributed by atoms with Gasteiger partial charge in [0.25, 0.3) is 0 Å². The number of aliphatic hydroxyl groups excluding tert-OH is 1. The van der Waals surface area contributed by atoms with Crippen LogP contribution in [-0.2, 0) is 6.54 Å². The number of aliphatic hydroxyl groups is 1. The molecule has 23 heavy (non-hydrogen) atoms. The summed E-state index contributed by atoms with van der Waals surface area (Å²) in [5.74, 6) is 2.00. The van der Waals surface area contributed by atoms with Gasteiger partial charge in [0, 0.05) is 25.7 Å². The van der Waals surface area contributed by atoms with Crippen molar-refractivity contribution >= 4 is 17.6 Å². The molecule has 0 spiro atoms. The Balaban J connectivity index is 2.26. The van der Waals surface area contributed by atoms with Crippen molar-refractivity contribution in [3.05, 3.63) is 54.2 Å². The van der Waals surface area contributed by atoms with Gasteiger partial charge >= 0.3 is 0 Å². The summed E-state index contributed by atoms with van der Waals surface area (Å²) in [5, 5.41) is 15.3. The lowest BCUT2D eigenvalue weighted by Gasteiger charge is -2.19. The van der Waals surface area contributed by atoms with Gasteiger partial charge in [0.1, 0.15) is 11.6 Å². The monoisotopic (exact) mass is 313 g/mol. The molecule has 0 aliphatic rings. The van der Waals surface area contributed by atoms with Gasteiger partial charge in [-0.3, -0.25) is 0 Å². The Labute approximate surface area is 136 Å². The second kappa shape index (κ2) is 8.14. The van der Waals surface area contributed by atoms with Crippen LogP contribution in [0.4, 0.5) is 17.6 Å². The normalized spacial score (nSPS) is 10.2. The number of aromatic nitrogens is 2. The predicted molar refractivity (Wildman–Crippen MR) is 94.7 cm³/mol. The third-order valence-electron chi connectivity index (χ3n) is 3.43. The zero-order chi connectivity index (χ0) is 16.7. The van der Waals surface area contributed by atoms with E-state index in [0.29, 0.717) is 19.0 Å². The van der Waals surface area contributed by atoms with E-state index in [9.17, 15) is 0 Å². The molecule has 0 radical (unpaired) electrons. The first-order valence-corrected chi connectivity index (χ1v) is 7.52. The van der Waals surface area contributed by atoms with Crippen molar-refractivity contribution in [2.75, 3.05) is 35.7 Å². The molecule has 0 aliphatic heterocycles. The Kier molecular flexibility index (Phi) is 5.94. The first-order chi connectivity index (χ1) is 11.2. The van der Waals surface area contributed by atoms with Crippen LogP contribution in [0, 0.1) is 6.92 Å². The number of hydrogen-bond acceptors (Lipinski definition) is 6. The highest BCUT2D eigenvalue weighted by atomic mass is 16.3. The summed E-state index contributed by atoms with van der Waals surface area (Å²) in [6.45, 7) is 6.85. The highest BCUT2D eigenvalue weighted by Crippen LogP contribution is 2.25. The number of nitrogens with one attached hydrogen (secondary N) is 2. The molecule has 0 bridgehead atoms. The number of anilines is 3. The third kappa shape index (κ3) is 4.43. The molecule has 0 amide bonds. The van der Waals surface area contributed by atoms with Crippen LogP contribution in [0.15, 0.2) is 43.1 Å². The van der Waals surface area contributed by atoms with Gasteiger partial charge in [-0.25, -0.2) is 0 Å². The van der Waals surface area contributed by atoms with E-state index in [4.69, 9.17) is 5.11 Å². The highest BCUT2D eigenvalue weighted by molar-refractivity contribution is 5.62. The number of nitrogens with zero attached hydrogens (tertiary/aromatic N) is 3. The Morgan fingerprint density at radius 2 is 1.96 bits per heavy atom. The SMILES string of the molecule is C=CN(C)c1nc(NCCO)nc(NCc2ccccc2)c1C. The van der Waals surface area contributed by atoms with E-state index in [2.05, 4.69) is 39.3 Å². The van der Waals surface area contributed by atoms with Crippen LogP contribution >= 0.6 is 0 Å². The molecule has 6 nitrogen and oxygen atoms in total. The number of rotatable bonds is 8. The Morgan fingerprint density at radius 1 is 1.22 bits per heavy atom. The Morgan fingerprint density at radius 3 is 2.61 bits per heavy atom. The van der Waals surface area contributed by atoms with Gasteiger partial charge in [0.05, 0.1) is 6.61 Å². The van der Waals surface area contributed by atoms with Gasteiger partial charge in [-0.05, 0) is 18.7 Å². The van der Waals surface area contributed by atoms with Gasteiger partial charge in [0.2, 0.25) is 5.95 Å². The van der Waals surface area contributed by atoms with E-state index >= 15 is 0 Å². The minimum absolute atomic E-state index is 0.0244. The smallest absolute Gasteiger partial charge is 0.226 e. The molecular weight excluding hydrogens is 290 g/mol.